The van der Waals surface area contributed by atoms with Crippen LogP contribution in [-0.4, -0.2) is 49.3 Å². The van der Waals surface area contributed by atoms with Gasteiger partial charge in [-0.1, -0.05) is 11.3 Å². The monoisotopic (exact) mass is 406 g/mol. The molecule has 3 aromatic heterocycles. The number of hydrogen-bond donors (Lipinski definition) is 1. The predicted octanol–water partition coefficient (Wildman–Crippen LogP) is 3.88. The summed E-state index contributed by atoms with van der Waals surface area (Å²) in [5.41, 5.74) is 0.618. The van der Waals surface area contributed by atoms with E-state index in [1.807, 2.05) is 6.07 Å². The molecule has 7 nitrogen and oxygen atoms in total. The van der Waals surface area contributed by atoms with Crippen molar-refractivity contribution >= 4 is 48.9 Å². The lowest BCUT2D eigenvalue weighted by molar-refractivity contribution is 0.103. The van der Waals surface area contributed by atoms with Crippen LogP contribution in [-0.2, 0) is 4.74 Å². The molecule has 0 spiro atoms. The average molecular weight is 407 g/mol. The summed E-state index contributed by atoms with van der Waals surface area (Å²) in [6.07, 6.45) is 1.58. The van der Waals surface area contributed by atoms with Crippen LogP contribution in [0, 0.1) is 0 Å². The Bertz CT molecular complexity index is 856. The Kier molecular flexibility index (Phi) is 6.59. The number of amides is 1. The summed E-state index contributed by atoms with van der Waals surface area (Å²) in [6, 6.07) is 5.38. The number of rotatable bonds is 9. The average Bonchev–Trinajstić information content (AvgIpc) is 3.24. The number of fused-ring (bicyclic) bond motifs is 1. The minimum Gasteiger partial charge on any atom is -0.475 e. The second-order valence-electron chi connectivity index (χ2n) is 5.63. The fraction of sp³-hybridized carbons (Fsp3) is 0.389. The molecular weight excluding hydrogens is 384 g/mol. The highest BCUT2D eigenvalue weighted by Crippen LogP contribution is 2.34. The molecule has 0 fully saturated rings. The SMILES string of the molecule is CCN(CC)c1nc2sc(C(=O)Nc3ccc(OCCOC)nc3)cc2s1. The van der Waals surface area contributed by atoms with Gasteiger partial charge >= 0.3 is 0 Å². The van der Waals surface area contributed by atoms with Crippen molar-refractivity contribution in [3.8, 4) is 5.88 Å². The fourth-order valence-corrected chi connectivity index (χ4v) is 4.66. The maximum atomic E-state index is 12.5. The number of ether oxygens (including phenoxy) is 2. The van der Waals surface area contributed by atoms with Gasteiger partial charge in [0.25, 0.3) is 5.91 Å². The highest BCUT2D eigenvalue weighted by Gasteiger charge is 2.16. The minimum atomic E-state index is -0.163. The first-order valence-corrected chi connectivity index (χ1v) is 10.3. The smallest absolute Gasteiger partial charge is 0.265 e. The van der Waals surface area contributed by atoms with Gasteiger partial charge in [-0.25, -0.2) is 9.97 Å². The second kappa shape index (κ2) is 9.12. The zero-order valence-corrected chi connectivity index (χ0v) is 17.2. The standard InChI is InChI=1S/C18H22N4O3S2/c1-4-22(5-2)18-21-17-14(27-18)10-13(26-17)16(23)20-12-6-7-15(19-11-12)25-9-8-24-3/h6-7,10-11H,4-5,8-9H2,1-3H3,(H,20,23). The molecule has 0 aliphatic heterocycles. The lowest BCUT2D eigenvalue weighted by Gasteiger charge is -2.16. The van der Waals surface area contributed by atoms with Crippen LogP contribution >= 0.6 is 22.7 Å². The van der Waals surface area contributed by atoms with Gasteiger partial charge in [-0.05, 0) is 26.0 Å². The molecule has 9 heteroatoms. The molecule has 0 aliphatic carbocycles. The summed E-state index contributed by atoms with van der Waals surface area (Å²) >= 11 is 3.02. The normalized spacial score (nSPS) is 10.9. The first kappa shape index (κ1) is 19.5. The number of carbonyl (C=O) groups is 1. The zero-order chi connectivity index (χ0) is 19.2. The van der Waals surface area contributed by atoms with Gasteiger partial charge in [0.05, 0.1) is 28.1 Å². The lowest BCUT2D eigenvalue weighted by atomic mass is 10.4. The van der Waals surface area contributed by atoms with E-state index >= 15 is 0 Å². The van der Waals surface area contributed by atoms with Crippen LogP contribution in [0.4, 0.5) is 10.8 Å². The molecule has 3 rings (SSSR count). The van der Waals surface area contributed by atoms with Crippen molar-refractivity contribution in [2.45, 2.75) is 13.8 Å². The highest BCUT2D eigenvalue weighted by molar-refractivity contribution is 7.29. The molecule has 0 saturated carbocycles. The molecule has 0 aliphatic rings. The number of anilines is 2. The fourth-order valence-electron chi connectivity index (χ4n) is 2.43. The van der Waals surface area contributed by atoms with Crippen LogP contribution in [0.3, 0.4) is 0 Å². The molecule has 3 aromatic rings. The number of thiazole rings is 1. The molecule has 1 N–H and O–H groups in total. The van der Waals surface area contributed by atoms with E-state index in [0.717, 1.165) is 27.8 Å². The van der Waals surface area contributed by atoms with Gasteiger partial charge in [0.15, 0.2) is 5.13 Å². The summed E-state index contributed by atoms with van der Waals surface area (Å²) in [4.78, 5) is 25.1. The van der Waals surface area contributed by atoms with E-state index in [-0.39, 0.29) is 5.91 Å². The number of pyridine rings is 1. The van der Waals surface area contributed by atoms with E-state index in [2.05, 4.69) is 34.0 Å². The van der Waals surface area contributed by atoms with Crippen molar-refractivity contribution in [3.63, 3.8) is 0 Å². The van der Waals surface area contributed by atoms with E-state index in [9.17, 15) is 4.79 Å². The molecule has 0 saturated heterocycles. The number of carbonyl (C=O) groups excluding carboxylic acids is 1. The van der Waals surface area contributed by atoms with Gasteiger partial charge in [0.1, 0.15) is 11.4 Å². The van der Waals surface area contributed by atoms with Gasteiger partial charge < -0.3 is 19.7 Å². The zero-order valence-electron chi connectivity index (χ0n) is 15.5. The summed E-state index contributed by atoms with van der Waals surface area (Å²) in [5, 5.41) is 3.86. The summed E-state index contributed by atoms with van der Waals surface area (Å²) in [5.74, 6) is 0.333. The number of hydrogen-bond acceptors (Lipinski definition) is 8. The lowest BCUT2D eigenvalue weighted by Crippen LogP contribution is -2.21. The van der Waals surface area contributed by atoms with Crippen LogP contribution in [0.1, 0.15) is 23.5 Å². The quantitative estimate of drug-likeness (QED) is 0.544. The first-order valence-electron chi connectivity index (χ1n) is 8.69. The molecule has 0 bridgehead atoms. The van der Waals surface area contributed by atoms with Crippen LogP contribution in [0.15, 0.2) is 24.4 Å². The molecular formula is C18H22N4O3S2. The van der Waals surface area contributed by atoms with Crippen molar-refractivity contribution in [1.82, 2.24) is 9.97 Å². The van der Waals surface area contributed by atoms with Crippen molar-refractivity contribution in [2.75, 3.05) is 43.6 Å². The van der Waals surface area contributed by atoms with E-state index in [4.69, 9.17) is 9.47 Å². The van der Waals surface area contributed by atoms with Gasteiger partial charge in [0.2, 0.25) is 5.88 Å². The van der Waals surface area contributed by atoms with Crippen LogP contribution in [0.2, 0.25) is 0 Å². The number of nitrogens with one attached hydrogen (secondary N) is 1. The number of aromatic nitrogens is 2. The third kappa shape index (κ3) is 4.74. The number of methoxy groups -OCH3 is 1. The summed E-state index contributed by atoms with van der Waals surface area (Å²) in [6.45, 7) is 6.99. The van der Waals surface area contributed by atoms with Crippen molar-refractivity contribution < 1.29 is 14.3 Å². The van der Waals surface area contributed by atoms with Gasteiger partial charge in [0, 0.05) is 26.3 Å². The van der Waals surface area contributed by atoms with Crippen LogP contribution in [0.5, 0.6) is 5.88 Å². The largest absolute Gasteiger partial charge is 0.475 e. The topological polar surface area (TPSA) is 76.6 Å². The highest BCUT2D eigenvalue weighted by atomic mass is 32.1. The van der Waals surface area contributed by atoms with E-state index in [1.165, 1.54) is 11.3 Å². The minimum absolute atomic E-state index is 0.163. The summed E-state index contributed by atoms with van der Waals surface area (Å²) in [7, 11) is 1.62. The second-order valence-corrected chi connectivity index (χ2v) is 7.67. The van der Waals surface area contributed by atoms with Crippen molar-refractivity contribution in [3.05, 3.63) is 29.3 Å². The molecule has 0 aromatic carbocycles. The van der Waals surface area contributed by atoms with Gasteiger partial charge in [-0.15, -0.1) is 11.3 Å². The van der Waals surface area contributed by atoms with Crippen LogP contribution < -0.4 is 15.0 Å². The van der Waals surface area contributed by atoms with E-state index in [0.29, 0.717) is 29.7 Å². The molecule has 27 heavy (non-hydrogen) atoms. The Labute approximate surface area is 166 Å². The Balaban J connectivity index is 1.64. The Morgan fingerprint density at radius 2 is 2.04 bits per heavy atom. The number of thiophene rings is 1. The Hall–Kier alpha value is -2.23. The molecule has 0 unspecified atom stereocenters. The van der Waals surface area contributed by atoms with Crippen LogP contribution in [0.25, 0.3) is 9.53 Å². The van der Waals surface area contributed by atoms with Crippen molar-refractivity contribution in [2.24, 2.45) is 0 Å². The number of nitrogens with zero attached hydrogens (tertiary/aromatic N) is 3. The molecule has 0 radical (unpaired) electrons. The summed E-state index contributed by atoms with van der Waals surface area (Å²) < 4.78 is 11.4. The van der Waals surface area contributed by atoms with Gasteiger partial charge in [-0.2, -0.15) is 0 Å². The van der Waals surface area contributed by atoms with E-state index < -0.39 is 0 Å². The third-order valence-corrected chi connectivity index (χ3v) is 6.09. The van der Waals surface area contributed by atoms with Crippen molar-refractivity contribution in [1.29, 1.82) is 0 Å². The third-order valence-electron chi connectivity index (χ3n) is 3.87. The molecule has 0 atom stereocenters. The van der Waals surface area contributed by atoms with E-state index in [1.54, 1.807) is 36.8 Å². The van der Waals surface area contributed by atoms with Gasteiger partial charge in [-0.3, -0.25) is 4.79 Å². The maximum absolute atomic E-state index is 12.5. The Morgan fingerprint density at radius 1 is 1.22 bits per heavy atom. The maximum Gasteiger partial charge on any atom is 0.265 e. The molecule has 144 valence electrons. The predicted molar refractivity (Wildman–Crippen MR) is 111 cm³/mol. The Morgan fingerprint density at radius 3 is 2.67 bits per heavy atom. The molecule has 1 amide bonds. The first-order chi connectivity index (χ1) is 13.1. The molecule has 3 heterocycles.